The topological polar surface area (TPSA) is 84.3 Å². The third-order valence-electron chi connectivity index (χ3n) is 9.02. The van der Waals surface area contributed by atoms with E-state index < -0.39 is 5.41 Å². The van der Waals surface area contributed by atoms with Gasteiger partial charge in [0.15, 0.2) is 16.6 Å². The van der Waals surface area contributed by atoms with Crippen LogP contribution in [0.3, 0.4) is 0 Å². The van der Waals surface area contributed by atoms with Crippen LogP contribution in [0.2, 0.25) is 0 Å². The maximum Gasteiger partial charge on any atom is 0.250 e. The third kappa shape index (κ3) is 5.34. The van der Waals surface area contributed by atoms with E-state index in [1.54, 1.807) is 27.3 Å². The van der Waals surface area contributed by atoms with Crippen molar-refractivity contribution >= 4 is 29.1 Å². The molecule has 2 bridgehead atoms. The van der Waals surface area contributed by atoms with Crippen LogP contribution in [0.15, 0.2) is 71.5 Å². The van der Waals surface area contributed by atoms with Crippen LogP contribution in [0.25, 0.3) is 0 Å². The van der Waals surface area contributed by atoms with E-state index in [4.69, 9.17) is 21.7 Å². The number of benzene rings is 2. The Bertz CT molecular complexity index is 1600. The standard InChI is InChI=1S/C33H36N4O5S/c1-34-30(39)33(31(40)35(2)32(34)43,21-36-17-24-14-25(19-36)26-10-7-11-29(38)37(26)18-24)16-23-12-13-27(28(15-23)41-3)42-20-22-8-5-4-6-9-22/h4-13,15,24-25H,14,16-21H2,1-3H3/t24-,25-/m1/s1. The Kier molecular flexibility index (Phi) is 7.83. The molecule has 0 saturated carbocycles. The lowest BCUT2D eigenvalue weighted by Crippen LogP contribution is -2.67. The highest BCUT2D eigenvalue weighted by Crippen LogP contribution is 2.40. The van der Waals surface area contributed by atoms with Gasteiger partial charge in [0.05, 0.1) is 7.11 Å². The average Bonchev–Trinajstić information content (AvgIpc) is 3.02. The number of hydrogen-bond donors (Lipinski definition) is 0. The van der Waals surface area contributed by atoms with Crippen molar-refractivity contribution in [1.82, 2.24) is 19.3 Å². The molecule has 224 valence electrons. The fourth-order valence-electron chi connectivity index (χ4n) is 7.01. The maximum absolute atomic E-state index is 14.1. The van der Waals surface area contributed by atoms with E-state index in [1.807, 2.05) is 65.2 Å². The van der Waals surface area contributed by atoms with Gasteiger partial charge in [0.1, 0.15) is 12.0 Å². The minimum Gasteiger partial charge on any atom is -0.493 e. The second-order valence-electron chi connectivity index (χ2n) is 11.9. The van der Waals surface area contributed by atoms with E-state index in [1.165, 1.54) is 9.80 Å². The number of amides is 2. The highest BCUT2D eigenvalue weighted by atomic mass is 32.1. The van der Waals surface area contributed by atoms with Crippen molar-refractivity contribution in [3.8, 4) is 11.5 Å². The number of rotatable bonds is 8. The van der Waals surface area contributed by atoms with Crippen molar-refractivity contribution in [2.75, 3.05) is 40.8 Å². The summed E-state index contributed by atoms with van der Waals surface area (Å²) in [6.45, 7) is 2.64. The van der Waals surface area contributed by atoms with Gasteiger partial charge in [0.2, 0.25) is 11.8 Å². The molecule has 2 aromatic carbocycles. The van der Waals surface area contributed by atoms with Crippen LogP contribution in [0, 0.1) is 11.3 Å². The first-order chi connectivity index (χ1) is 20.7. The monoisotopic (exact) mass is 600 g/mol. The molecule has 2 saturated heterocycles. The SMILES string of the molecule is COc1cc(CC2(CN3C[C@H]4C[C@H](C3)c3cccc(=O)n3C4)C(=O)N(C)C(=S)N(C)C2=O)ccc1OCc1ccccc1. The van der Waals surface area contributed by atoms with Gasteiger partial charge in [-0.3, -0.25) is 24.2 Å². The minimum absolute atomic E-state index is 0.0247. The van der Waals surface area contributed by atoms with Gasteiger partial charge in [0.25, 0.3) is 5.56 Å². The molecule has 10 heteroatoms. The lowest BCUT2D eigenvalue weighted by Gasteiger charge is -2.48. The van der Waals surface area contributed by atoms with Crippen LogP contribution in [-0.4, -0.2) is 77.0 Å². The van der Waals surface area contributed by atoms with Crippen molar-refractivity contribution in [2.45, 2.75) is 31.9 Å². The Labute approximate surface area is 256 Å². The molecular formula is C33H36N4O5S. The molecule has 2 fully saturated rings. The van der Waals surface area contributed by atoms with Crippen molar-refractivity contribution in [3.63, 3.8) is 0 Å². The number of likely N-dealkylation sites (tertiary alicyclic amines) is 1. The van der Waals surface area contributed by atoms with Crippen molar-refractivity contribution in [3.05, 3.63) is 93.9 Å². The maximum atomic E-state index is 14.1. The number of aromatic nitrogens is 1. The van der Waals surface area contributed by atoms with Gasteiger partial charge >= 0.3 is 0 Å². The van der Waals surface area contributed by atoms with Gasteiger partial charge in [-0.25, -0.2) is 0 Å². The average molecular weight is 601 g/mol. The van der Waals surface area contributed by atoms with E-state index in [-0.39, 0.29) is 47.3 Å². The quantitative estimate of drug-likeness (QED) is 0.290. The number of fused-ring (bicyclic) bond motifs is 4. The predicted octanol–water partition coefficient (Wildman–Crippen LogP) is 3.30. The second kappa shape index (κ2) is 11.6. The lowest BCUT2D eigenvalue weighted by molar-refractivity contribution is -0.157. The van der Waals surface area contributed by atoms with Gasteiger partial charge in [-0.1, -0.05) is 42.5 Å². The summed E-state index contributed by atoms with van der Waals surface area (Å²) in [6.07, 6.45) is 1.17. The van der Waals surface area contributed by atoms with Gasteiger partial charge in [-0.15, -0.1) is 0 Å². The number of nitrogens with zero attached hydrogens (tertiary/aromatic N) is 4. The molecule has 0 spiro atoms. The molecule has 3 aromatic rings. The first kappa shape index (κ1) is 29.1. The second-order valence-corrected chi connectivity index (χ2v) is 12.3. The Morgan fingerprint density at radius 3 is 2.33 bits per heavy atom. The minimum atomic E-state index is -1.38. The number of carbonyl (C=O) groups is 2. The number of methoxy groups -OCH3 is 1. The normalized spacial score (nSPS) is 21.5. The largest absolute Gasteiger partial charge is 0.493 e. The van der Waals surface area contributed by atoms with Gasteiger partial charge in [-0.05, 0) is 60.3 Å². The molecule has 2 amide bonds. The molecular weight excluding hydrogens is 564 g/mol. The van der Waals surface area contributed by atoms with Crippen LogP contribution in [0.1, 0.15) is 29.2 Å². The summed E-state index contributed by atoms with van der Waals surface area (Å²) in [7, 11) is 4.85. The van der Waals surface area contributed by atoms with Gasteiger partial charge < -0.3 is 18.9 Å². The molecule has 6 rings (SSSR count). The summed E-state index contributed by atoms with van der Waals surface area (Å²) in [5.74, 6) is 0.914. The van der Waals surface area contributed by atoms with Gasteiger partial charge in [-0.2, -0.15) is 0 Å². The Morgan fingerprint density at radius 2 is 1.60 bits per heavy atom. The first-order valence-corrected chi connectivity index (χ1v) is 15.0. The van der Waals surface area contributed by atoms with Crippen molar-refractivity contribution in [1.29, 1.82) is 0 Å². The van der Waals surface area contributed by atoms with Crippen LogP contribution in [0.5, 0.6) is 11.5 Å². The number of carbonyl (C=O) groups excluding carboxylic acids is 2. The predicted molar refractivity (Wildman–Crippen MR) is 166 cm³/mol. The summed E-state index contributed by atoms with van der Waals surface area (Å²) in [6, 6.07) is 20.9. The van der Waals surface area contributed by atoms with Crippen LogP contribution >= 0.6 is 12.2 Å². The fourth-order valence-corrected chi connectivity index (χ4v) is 7.17. The zero-order valence-corrected chi connectivity index (χ0v) is 25.5. The number of pyridine rings is 1. The fraction of sp³-hybridized carbons (Fsp3) is 0.394. The van der Waals surface area contributed by atoms with E-state index >= 15 is 0 Å². The van der Waals surface area contributed by atoms with Crippen LogP contribution in [-0.2, 0) is 29.2 Å². The van der Waals surface area contributed by atoms with E-state index in [0.717, 1.165) is 23.2 Å². The molecule has 4 heterocycles. The lowest BCUT2D eigenvalue weighted by atomic mass is 9.75. The zero-order chi connectivity index (χ0) is 30.3. The van der Waals surface area contributed by atoms with Gasteiger partial charge in [0, 0.05) is 58.0 Å². The molecule has 0 unspecified atom stereocenters. The summed E-state index contributed by atoms with van der Waals surface area (Å²) in [5.41, 5.74) is 1.48. The van der Waals surface area contributed by atoms with Crippen molar-refractivity contribution in [2.24, 2.45) is 11.3 Å². The number of hydrogen-bond acceptors (Lipinski definition) is 7. The summed E-state index contributed by atoms with van der Waals surface area (Å²) in [4.78, 5) is 45.9. The molecule has 3 aliphatic heterocycles. The third-order valence-corrected chi connectivity index (χ3v) is 9.57. The number of thiocarbonyl (C=S) groups is 1. The van der Waals surface area contributed by atoms with Crippen molar-refractivity contribution < 1.29 is 19.1 Å². The Hall–Kier alpha value is -4.02. The van der Waals surface area contributed by atoms with E-state index in [0.29, 0.717) is 37.7 Å². The molecule has 0 N–H and O–H groups in total. The smallest absolute Gasteiger partial charge is 0.250 e. The highest BCUT2D eigenvalue weighted by Gasteiger charge is 2.55. The summed E-state index contributed by atoms with van der Waals surface area (Å²) >= 11 is 5.45. The zero-order valence-electron chi connectivity index (χ0n) is 24.7. The van der Waals surface area contributed by atoms with Crippen LogP contribution in [0.4, 0.5) is 0 Å². The molecule has 0 radical (unpaired) electrons. The molecule has 3 aliphatic rings. The Balaban J connectivity index is 1.30. The summed E-state index contributed by atoms with van der Waals surface area (Å²) < 4.78 is 13.6. The van der Waals surface area contributed by atoms with Crippen LogP contribution < -0.4 is 15.0 Å². The first-order valence-electron chi connectivity index (χ1n) is 14.6. The van der Waals surface area contributed by atoms with E-state index in [2.05, 4.69) is 4.90 Å². The number of ether oxygens (including phenoxy) is 2. The molecule has 1 aromatic heterocycles. The molecule has 2 atom stereocenters. The molecule has 43 heavy (non-hydrogen) atoms. The number of piperidine rings is 1. The Morgan fingerprint density at radius 1 is 0.860 bits per heavy atom. The van der Waals surface area contributed by atoms with E-state index in [9.17, 15) is 14.4 Å². The summed E-state index contributed by atoms with van der Waals surface area (Å²) in [5, 5.41) is 0.191. The highest BCUT2D eigenvalue weighted by molar-refractivity contribution is 7.80. The molecule has 0 aliphatic carbocycles. The molecule has 9 nitrogen and oxygen atoms in total.